The Bertz CT molecular complexity index is 599. The first-order chi connectivity index (χ1) is 12.1. The van der Waals surface area contributed by atoms with E-state index in [0.29, 0.717) is 39.3 Å². The summed E-state index contributed by atoms with van der Waals surface area (Å²) >= 11 is 0. The minimum absolute atomic E-state index is 0.00534. The maximum atomic E-state index is 13.0. The van der Waals surface area contributed by atoms with Crippen molar-refractivity contribution >= 4 is 11.8 Å². The summed E-state index contributed by atoms with van der Waals surface area (Å²) in [6.07, 6.45) is 0.365. The van der Waals surface area contributed by atoms with Gasteiger partial charge in [0.1, 0.15) is 17.9 Å². The van der Waals surface area contributed by atoms with Crippen molar-refractivity contribution in [2.75, 3.05) is 32.8 Å². The van der Waals surface area contributed by atoms with Gasteiger partial charge >= 0.3 is 0 Å². The first-order valence-electron chi connectivity index (χ1n) is 8.95. The quantitative estimate of drug-likeness (QED) is 0.830. The Morgan fingerprint density at radius 2 is 1.84 bits per heavy atom. The van der Waals surface area contributed by atoms with Crippen LogP contribution in [0.4, 0.5) is 0 Å². The summed E-state index contributed by atoms with van der Waals surface area (Å²) in [4.78, 5) is 29.1. The number of hydrogen-bond donors (Lipinski definition) is 0. The van der Waals surface area contributed by atoms with Crippen LogP contribution in [-0.4, -0.2) is 66.6 Å². The van der Waals surface area contributed by atoms with E-state index in [1.807, 2.05) is 44.2 Å². The van der Waals surface area contributed by atoms with E-state index in [-0.39, 0.29) is 23.8 Å². The van der Waals surface area contributed by atoms with Crippen molar-refractivity contribution in [3.05, 3.63) is 30.3 Å². The number of ether oxygens (including phenoxy) is 2. The van der Waals surface area contributed by atoms with Gasteiger partial charge < -0.3 is 19.3 Å². The van der Waals surface area contributed by atoms with Crippen molar-refractivity contribution in [2.24, 2.45) is 5.92 Å². The molecule has 0 N–H and O–H groups in total. The van der Waals surface area contributed by atoms with Gasteiger partial charge in [0.2, 0.25) is 11.8 Å². The number of carbonyl (C=O) groups is 2. The molecule has 0 spiro atoms. The SMILES string of the molecule is CC(C)C(=O)N1C[C@@H](Oc2ccccc2)C[C@@H]1C(=O)N1CCOCC1. The van der Waals surface area contributed by atoms with Crippen LogP contribution in [0.5, 0.6) is 5.75 Å². The number of nitrogens with zero attached hydrogens (tertiary/aromatic N) is 2. The standard InChI is InChI=1S/C19H26N2O4/c1-14(2)18(22)21-13-16(25-15-6-4-3-5-7-15)12-17(21)19(23)20-8-10-24-11-9-20/h3-7,14,16-17H,8-13H2,1-2H3/t16-,17+/m0/s1. The third kappa shape index (κ3) is 4.12. The van der Waals surface area contributed by atoms with Crippen LogP contribution in [-0.2, 0) is 14.3 Å². The molecule has 1 aromatic rings. The smallest absolute Gasteiger partial charge is 0.245 e. The minimum Gasteiger partial charge on any atom is -0.488 e. The van der Waals surface area contributed by atoms with Crippen molar-refractivity contribution < 1.29 is 19.1 Å². The Balaban J connectivity index is 1.73. The van der Waals surface area contributed by atoms with E-state index in [2.05, 4.69) is 0 Å². The van der Waals surface area contributed by atoms with E-state index in [4.69, 9.17) is 9.47 Å². The lowest BCUT2D eigenvalue weighted by atomic mass is 10.1. The molecule has 0 unspecified atom stereocenters. The number of carbonyl (C=O) groups excluding carboxylic acids is 2. The monoisotopic (exact) mass is 346 g/mol. The van der Waals surface area contributed by atoms with Gasteiger partial charge in [-0.3, -0.25) is 9.59 Å². The predicted molar refractivity (Wildman–Crippen MR) is 93.2 cm³/mol. The number of benzene rings is 1. The van der Waals surface area contributed by atoms with E-state index >= 15 is 0 Å². The lowest BCUT2D eigenvalue weighted by Crippen LogP contribution is -2.51. The van der Waals surface area contributed by atoms with Crippen molar-refractivity contribution in [2.45, 2.75) is 32.4 Å². The Morgan fingerprint density at radius 3 is 2.48 bits per heavy atom. The fourth-order valence-electron chi connectivity index (χ4n) is 3.38. The second kappa shape index (κ2) is 7.87. The fraction of sp³-hybridized carbons (Fsp3) is 0.579. The normalized spacial score (nSPS) is 23.8. The van der Waals surface area contributed by atoms with Crippen LogP contribution in [0.1, 0.15) is 20.3 Å². The Kier molecular flexibility index (Phi) is 5.58. The molecule has 6 heteroatoms. The molecule has 2 aliphatic heterocycles. The summed E-state index contributed by atoms with van der Waals surface area (Å²) in [5, 5.41) is 0. The molecule has 2 saturated heterocycles. The molecule has 0 saturated carbocycles. The number of hydrogen-bond acceptors (Lipinski definition) is 4. The maximum Gasteiger partial charge on any atom is 0.245 e. The molecule has 2 atom stereocenters. The van der Waals surface area contributed by atoms with E-state index < -0.39 is 6.04 Å². The lowest BCUT2D eigenvalue weighted by molar-refractivity contribution is -0.147. The van der Waals surface area contributed by atoms with Crippen LogP contribution >= 0.6 is 0 Å². The number of likely N-dealkylation sites (tertiary alicyclic amines) is 1. The largest absolute Gasteiger partial charge is 0.488 e. The molecule has 2 aliphatic rings. The highest BCUT2D eigenvalue weighted by atomic mass is 16.5. The highest BCUT2D eigenvalue weighted by Gasteiger charge is 2.43. The van der Waals surface area contributed by atoms with E-state index in [9.17, 15) is 9.59 Å². The summed E-state index contributed by atoms with van der Waals surface area (Å²) in [6, 6.07) is 9.11. The Morgan fingerprint density at radius 1 is 1.16 bits per heavy atom. The van der Waals surface area contributed by atoms with Gasteiger partial charge in [-0.05, 0) is 12.1 Å². The summed E-state index contributed by atoms with van der Waals surface area (Å²) in [6.45, 7) is 6.47. The Labute approximate surface area is 148 Å². The van der Waals surface area contributed by atoms with Crippen molar-refractivity contribution in [1.82, 2.24) is 9.80 Å². The average molecular weight is 346 g/mol. The summed E-state index contributed by atoms with van der Waals surface area (Å²) in [7, 11) is 0. The van der Waals surface area contributed by atoms with Gasteiger partial charge in [0.25, 0.3) is 0 Å². The van der Waals surface area contributed by atoms with Crippen LogP contribution < -0.4 is 4.74 Å². The second-order valence-corrected chi connectivity index (χ2v) is 6.89. The predicted octanol–water partition coefficient (Wildman–Crippen LogP) is 1.55. The van der Waals surface area contributed by atoms with Gasteiger partial charge in [-0.15, -0.1) is 0 Å². The number of rotatable bonds is 4. The van der Waals surface area contributed by atoms with Gasteiger partial charge in [0, 0.05) is 25.4 Å². The van der Waals surface area contributed by atoms with Crippen LogP contribution in [0.3, 0.4) is 0 Å². The zero-order chi connectivity index (χ0) is 17.8. The molecule has 1 aromatic carbocycles. The van der Waals surface area contributed by atoms with E-state index in [0.717, 1.165) is 5.75 Å². The molecular formula is C19H26N2O4. The molecule has 0 aliphatic carbocycles. The van der Waals surface area contributed by atoms with Crippen LogP contribution in [0.2, 0.25) is 0 Å². The van der Waals surface area contributed by atoms with Crippen molar-refractivity contribution in [1.29, 1.82) is 0 Å². The molecule has 136 valence electrons. The summed E-state index contributed by atoms with van der Waals surface area (Å²) < 4.78 is 11.3. The first-order valence-corrected chi connectivity index (χ1v) is 8.95. The van der Waals surface area contributed by atoms with E-state index in [1.54, 1.807) is 9.80 Å². The topological polar surface area (TPSA) is 59.1 Å². The van der Waals surface area contributed by atoms with Crippen LogP contribution in [0.15, 0.2) is 30.3 Å². The molecule has 0 aromatic heterocycles. The maximum absolute atomic E-state index is 13.0. The van der Waals surface area contributed by atoms with Crippen molar-refractivity contribution in [3.63, 3.8) is 0 Å². The molecule has 2 amide bonds. The van der Waals surface area contributed by atoms with Gasteiger partial charge in [-0.25, -0.2) is 0 Å². The summed E-state index contributed by atoms with van der Waals surface area (Å²) in [5.74, 6) is 0.640. The van der Waals surface area contributed by atoms with Crippen LogP contribution in [0.25, 0.3) is 0 Å². The summed E-state index contributed by atoms with van der Waals surface area (Å²) in [5.41, 5.74) is 0. The third-order valence-electron chi connectivity index (χ3n) is 4.69. The fourth-order valence-corrected chi connectivity index (χ4v) is 3.38. The van der Waals surface area contributed by atoms with Gasteiger partial charge in [0.05, 0.1) is 19.8 Å². The lowest BCUT2D eigenvalue weighted by Gasteiger charge is -2.32. The molecule has 2 heterocycles. The van der Waals surface area contributed by atoms with Gasteiger partial charge in [-0.2, -0.15) is 0 Å². The highest BCUT2D eigenvalue weighted by molar-refractivity contribution is 5.89. The highest BCUT2D eigenvalue weighted by Crippen LogP contribution is 2.26. The molecule has 25 heavy (non-hydrogen) atoms. The second-order valence-electron chi connectivity index (χ2n) is 6.89. The zero-order valence-electron chi connectivity index (χ0n) is 14.9. The van der Waals surface area contributed by atoms with Gasteiger partial charge in [-0.1, -0.05) is 32.0 Å². The number of morpholine rings is 1. The number of amides is 2. The third-order valence-corrected chi connectivity index (χ3v) is 4.69. The molecule has 6 nitrogen and oxygen atoms in total. The zero-order valence-corrected chi connectivity index (χ0v) is 14.9. The first kappa shape index (κ1) is 17.7. The molecule has 0 radical (unpaired) electrons. The van der Waals surface area contributed by atoms with Crippen LogP contribution in [0, 0.1) is 5.92 Å². The van der Waals surface area contributed by atoms with Gasteiger partial charge in [0.15, 0.2) is 0 Å². The Hall–Kier alpha value is -2.08. The number of para-hydroxylation sites is 1. The average Bonchev–Trinajstić information content (AvgIpc) is 3.05. The molecule has 0 bridgehead atoms. The molecule has 3 rings (SSSR count). The molecular weight excluding hydrogens is 320 g/mol. The molecule has 2 fully saturated rings. The van der Waals surface area contributed by atoms with Crippen molar-refractivity contribution in [3.8, 4) is 5.75 Å². The minimum atomic E-state index is -0.443. The van der Waals surface area contributed by atoms with E-state index in [1.165, 1.54) is 0 Å².